The second kappa shape index (κ2) is 8.28. The minimum absolute atomic E-state index is 0.433. The Labute approximate surface area is 168 Å². The molecule has 0 bridgehead atoms. The second-order valence-electron chi connectivity index (χ2n) is 6.60. The van der Waals surface area contributed by atoms with Crippen molar-refractivity contribution in [1.82, 2.24) is 20.0 Å². The van der Waals surface area contributed by atoms with E-state index in [1.807, 2.05) is 37.6 Å². The normalized spacial score (nSPS) is 11.0. The number of fused-ring (bicyclic) bond motifs is 1. The van der Waals surface area contributed by atoms with Gasteiger partial charge in [0.15, 0.2) is 11.5 Å². The molecule has 0 fully saturated rings. The fourth-order valence-electron chi connectivity index (χ4n) is 3.24. The van der Waals surface area contributed by atoms with Crippen LogP contribution in [0.25, 0.3) is 33.2 Å². The Balaban J connectivity index is 1.80. The van der Waals surface area contributed by atoms with Crippen molar-refractivity contribution in [3.63, 3.8) is 0 Å². The van der Waals surface area contributed by atoms with Crippen molar-refractivity contribution in [3.8, 4) is 33.8 Å². The Morgan fingerprint density at radius 1 is 0.931 bits per heavy atom. The van der Waals surface area contributed by atoms with Gasteiger partial charge >= 0.3 is 0 Å². The first kappa shape index (κ1) is 18.9. The molecule has 7 nitrogen and oxygen atoms in total. The summed E-state index contributed by atoms with van der Waals surface area (Å²) in [4.78, 5) is 0. The fourth-order valence-corrected chi connectivity index (χ4v) is 3.24. The van der Waals surface area contributed by atoms with E-state index in [0.29, 0.717) is 24.7 Å². The summed E-state index contributed by atoms with van der Waals surface area (Å²) in [6.45, 7) is 0.929. The maximum atomic E-state index is 5.85. The first-order valence-corrected chi connectivity index (χ1v) is 9.24. The minimum atomic E-state index is 0.433. The number of hydrogen-bond donors (Lipinski definition) is 0. The van der Waals surface area contributed by atoms with Crippen LogP contribution in [0, 0.1) is 0 Å². The predicted octanol–water partition coefficient (Wildman–Crippen LogP) is 3.73. The van der Waals surface area contributed by atoms with E-state index >= 15 is 0 Å². The Kier molecular flexibility index (Phi) is 5.39. The first-order chi connectivity index (χ1) is 14.2. The van der Waals surface area contributed by atoms with Crippen molar-refractivity contribution in [1.29, 1.82) is 0 Å². The van der Waals surface area contributed by atoms with Crippen molar-refractivity contribution in [2.45, 2.75) is 0 Å². The zero-order chi connectivity index (χ0) is 20.2. The number of nitrogens with zero attached hydrogens (tertiary/aromatic N) is 4. The highest BCUT2D eigenvalue weighted by atomic mass is 16.5. The van der Waals surface area contributed by atoms with E-state index < -0.39 is 0 Å². The van der Waals surface area contributed by atoms with E-state index in [2.05, 4.69) is 33.5 Å². The maximum Gasteiger partial charge on any atom is 0.162 e. The van der Waals surface area contributed by atoms with E-state index in [9.17, 15) is 0 Å². The molecule has 0 radical (unpaired) electrons. The average Bonchev–Trinajstić information content (AvgIpc) is 3.19. The second-order valence-corrected chi connectivity index (χ2v) is 6.60. The Morgan fingerprint density at radius 2 is 1.79 bits per heavy atom. The molecular formula is C22H22N4O3. The fraction of sp³-hybridized carbons (Fsp3) is 0.227. The van der Waals surface area contributed by atoms with Crippen molar-refractivity contribution in [2.75, 3.05) is 27.4 Å². The summed E-state index contributed by atoms with van der Waals surface area (Å²) in [5.41, 5.74) is 4.90. The number of aromatic nitrogens is 4. The summed E-state index contributed by atoms with van der Waals surface area (Å²) in [5, 5.41) is 13.7. The van der Waals surface area contributed by atoms with Gasteiger partial charge in [-0.05, 0) is 23.3 Å². The summed E-state index contributed by atoms with van der Waals surface area (Å²) in [7, 11) is 5.16. The third kappa shape index (κ3) is 3.90. The van der Waals surface area contributed by atoms with E-state index in [-0.39, 0.29) is 0 Å². The minimum Gasteiger partial charge on any atom is -0.493 e. The van der Waals surface area contributed by atoms with Crippen LogP contribution in [0.4, 0.5) is 0 Å². The molecule has 0 amide bonds. The van der Waals surface area contributed by atoms with Crippen LogP contribution in [0.5, 0.6) is 11.5 Å². The number of ether oxygens (including phenoxy) is 3. The van der Waals surface area contributed by atoms with E-state index in [0.717, 1.165) is 33.2 Å². The van der Waals surface area contributed by atoms with Crippen LogP contribution in [0.2, 0.25) is 0 Å². The monoisotopic (exact) mass is 390 g/mol. The van der Waals surface area contributed by atoms with E-state index in [4.69, 9.17) is 14.2 Å². The van der Waals surface area contributed by atoms with Crippen LogP contribution < -0.4 is 9.47 Å². The van der Waals surface area contributed by atoms with Crippen molar-refractivity contribution in [3.05, 3.63) is 55.0 Å². The number of benzene rings is 2. The smallest absolute Gasteiger partial charge is 0.162 e. The Bertz CT molecular complexity index is 1140. The molecule has 148 valence electrons. The van der Waals surface area contributed by atoms with Gasteiger partial charge in [0.1, 0.15) is 6.61 Å². The Morgan fingerprint density at radius 3 is 2.55 bits per heavy atom. The topological polar surface area (TPSA) is 71.3 Å². The number of rotatable bonds is 7. The van der Waals surface area contributed by atoms with Crippen molar-refractivity contribution < 1.29 is 14.2 Å². The van der Waals surface area contributed by atoms with Crippen LogP contribution in [-0.4, -0.2) is 47.4 Å². The largest absolute Gasteiger partial charge is 0.493 e. The van der Waals surface area contributed by atoms with Crippen LogP contribution >= 0.6 is 0 Å². The lowest BCUT2D eigenvalue weighted by molar-refractivity contribution is 0.144. The number of hydrogen-bond acceptors (Lipinski definition) is 6. The summed E-state index contributed by atoms with van der Waals surface area (Å²) in [6.07, 6.45) is 5.62. The summed E-state index contributed by atoms with van der Waals surface area (Å²) in [5.74, 6) is 1.26. The molecule has 4 aromatic rings. The van der Waals surface area contributed by atoms with Crippen LogP contribution in [-0.2, 0) is 11.8 Å². The molecule has 0 aliphatic rings. The van der Waals surface area contributed by atoms with E-state index in [1.165, 1.54) is 0 Å². The van der Waals surface area contributed by atoms with Gasteiger partial charge in [-0.25, -0.2) is 0 Å². The summed E-state index contributed by atoms with van der Waals surface area (Å²) < 4.78 is 18.2. The average molecular weight is 390 g/mol. The highest BCUT2D eigenvalue weighted by molar-refractivity contribution is 5.96. The quantitative estimate of drug-likeness (QED) is 0.448. The molecule has 29 heavy (non-hydrogen) atoms. The standard InChI is InChI=1S/C22H22N4O3/c1-26-14-17(12-24-26)15-5-4-6-16(9-15)19-13-23-25-20-11-21(28-3)22(10-18(19)20)29-8-7-27-2/h4-6,9-14H,7-8H2,1-3H3. The molecule has 2 aromatic carbocycles. The third-order valence-corrected chi connectivity index (χ3v) is 4.68. The molecule has 0 saturated carbocycles. The molecule has 0 atom stereocenters. The van der Waals surface area contributed by atoms with Gasteiger partial charge in [-0.3, -0.25) is 4.68 Å². The SMILES string of the molecule is COCCOc1cc2c(-c3cccc(-c4cnn(C)c4)c3)cnnc2cc1OC. The molecule has 2 aromatic heterocycles. The lowest BCUT2D eigenvalue weighted by atomic mass is 9.99. The maximum absolute atomic E-state index is 5.85. The van der Waals surface area contributed by atoms with Gasteiger partial charge in [-0.15, -0.1) is 0 Å². The molecule has 7 heteroatoms. The van der Waals surface area contributed by atoms with Gasteiger partial charge in [0, 0.05) is 42.9 Å². The molecule has 0 aliphatic carbocycles. The van der Waals surface area contributed by atoms with Crippen LogP contribution in [0.15, 0.2) is 55.0 Å². The third-order valence-electron chi connectivity index (χ3n) is 4.68. The van der Waals surface area contributed by atoms with Crippen molar-refractivity contribution in [2.24, 2.45) is 7.05 Å². The molecular weight excluding hydrogens is 368 g/mol. The van der Waals surface area contributed by atoms with Gasteiger partial charge in [-0.2, -0.15) is 15.3 Å². The lowest BCUT2D eigenvalue weighted by Gasteiger charge is -2.13. The van der Waals surface area contributed by atoms with Gasteiger partial charge in [-0.1, -0.05) is 18.2 Å². The van der Waals surface area contributed by atoms with Gasteiger partial charge in [0.2, 0.25) is 0 Å². The molecule has 0 N–H and O–H groups in total. The molecule has 0 saturated heterocycles. The van der Waals surface area contributed by atoms with Crippen molar-refractivity contribution >= 4 is 10.9 Å². The summed E-state index contributed by atoms with van der Waals surface area (Å²) in [6, 6.07) is 12.1. The highest BCUT2D eigenvalue weighted by Gasteiger charge is 2.13. The predicted molar refractivity (Wildman–Crippen MR) is 111 cm³/mol. The molecule has 0 aliphatic heterocycles. The molecule has 4 rings (SSSR count). The highest BCUT2D eigenvalue weighted by Crippen LogP contribution is 2.36. The lowest BCUT2D eigenvalue weighted by Crippen LogP contribution is -2.05. The van der Waals surface area contributed by atoms with Gasteiger partial charge < -0.3 is 14.2 Å². The molecule has 2 heterocycles. The molecule has 0 spiro atoms. The van der Waals surface area contributed by atoms with Crippen LogP contribution in [0.1, 0.15) is 0 Å². The zero-order valence-corrected chi connectivity index (χ0v) is 16.6. The first-order valence-electron chi connectivity index (χ1n) is 9.24. The Hall–Kier alpha value is -3.45. The van der Waals surface area contributed by atoms with Gasteiger partial charge in [0.05, 0.1) is 31.6 Å². The van der Waals surface area contributed by atoms with E-state index in [1.54, 1.807) is 25.1 Å². The van der Waals surface area contributed by atoms with Crippen LogP contribution in [0.3, 0.4) is 0 Å². The zero-order valence-electron chi connectivity index (χ0n) is 16.6. The number of aryl methyl sites for hydroxylation is 1. The molecule has 0 unspecified atom stereocenters. The number of methoxy groups -OCH3 is 2. The summed E-state index contributed by atoms with van der Waals surface area (Å²) >= 11 is 0. The van der Waals surface area contributed by atoms with Gasteiger partial charge in [0.25, 0.3) is 0 Å².